The molecule has 1 aliphatic heterocycles. The molecule has 4 nitrogen and oxygen atoms in total. The lowest BCUT2D eigenvalue weighted by atomic mass is 9.93. The molecule has 0 atom stereocenters. The van der Waals surface area contributed by atoms with Crippen molar-refractivity contribution in [2.75, 3.05) is 31.1 Å². The Labute approximate surface area is 202 Å². The maximum absolute atomic E-state index is 12.4. The summed E-state index contributed by atoms with van der Waals surface area (Å²) in [6, 6.07) is 28.8. The zero-order valence-corrected chi connectivity index (χ0v) is 19.8. The lowest BCUT2D eigenvalue weighted by molar-refractivity contribution is -0.122. The van der Waals surface area contributed by atoms with E-state index in [0.717, 1.165) is 44.6 Å². The molecule has 0 saturated carbocycles. The van der Waals surface area contributed by atoms with Crippen molar-refractivity contribution in [2.45, 2.75) is 25.8 Å². The Hall–Kier alpha value is -2.82. The van der Waals surface area contributed by atoms with Crippen LogP contribution in [-0.2, 0) is 11.3 Å². The summed E-state index contributed by atoms with van der Waals surface area (Å²) in [6.45, 7) is 4.61. The van der Waals surface area contributed by atoms with Crippen LogP contribution in [0.15, 0.2) is 84.9 Å². The maximum atomic E-state index is 12.4. The normalized spacial score (nSPS) is 14.7. The highest BCUT2D eigenvalue weighted by Gasteiger charge is 2.22. The van der Waals surface area contributed by atoms with Gasteiger partial charge in [-0.15, -0.1) is 0 Å². The highest BCUT2D eigenvalue weighted by Crippen LogP contribution is 2.26. The first-order valence-corrected chi connectivity index (χ1v) is 12.2. The topological polar surface area (TPSA) is 35.6 Å². The summed E-state index contributed by atoms with van der Waals surface area (Å²) >= 11 is 5.92. The maximum Gasteiger partial charge on any atom is 0.220 e. The van der Waals surface area contributed by atoms with E-state index in [0.29, 0.717) is 23.9 Å². The molecule has 33 heavy (non-hydrogen) atoms. The Balaban J connectivity index is 1.22. The Bertz CT molecular complexity index is 947. The van der Waals surface area contributed by atoms with Gasteiger partial charge in [-0.1, -0.05) is 60.1 Å². The van der Waals surface area contributed by atoms with E-state index in [1.807, 2.05) is 24.3 Å². The molecule has 1 amide bonds. The third kappa shape index (κ3) is 7.08. The van der Waals surface area contributed by atoms with Gasteiger partial charge in [0, 0.05) is 42.5 Å². The van der Waals surface area contributed by atoms with Gasteiger partial charge in [0.1, 0.15) is 0 Å². The second kappa shape index (κ2) is 11.9. The van der Waals surface area contributed by atoms with E-state index < -0.39 is 0 Å². The van der Waals surface area contributed by atoms with Crippen molar-refractivity contribution in [3.63, 3.8) is 0 Å². The average molecular weight is 462 g/mol. The van der Waals surface area contributed by atoms with Gasteiger partial charge in [0.25, 0.3) is 0 Å². The number of benzene rings is 3. The summed E-state index contributed by atoms with van der Waals surface area (Å²) in [7, 11) is 0. The van der Waals surface area contributed by atoms with Crippen LogP contribution >= 0.6 is 11.6 Å². The van der Waals surface area contributed by atoms with Gasteiger partial charge in [-0.05, 0) is 73.8 Å². The first-order chi connectivity index (χ1) is 16.2. The van der Waals surface area contributed by atoms with Crippen molar-refractivity contribution in [1.29, 1.82) is 0 Å². The molecule has 0 aromatic heterocycles. The number of carbonyl (C=O) groups excluding carboxylic acids is 1. The predicted octanol–water partition coefficient (Wildman–Crippen LogP) is 5.90. The molecule has 3 aromatic rings. The molecular weight excluding hydrogens is 430 g/mol. The molecule has 0 unspecified atom stereocenters. The standard InChI is InChI=1S/C28H32ClN3O/c29-25-13-11-24(12-14-25)22-30-28(33)21-23-15-17-31(18-16-23)19-20-32(26-7-3-1-4-8-26)27-9-5-2-6-10-27/h1-14,23H,15-22H2,(H,30,33). The quantitative estimate of drug-likeness (QED) is 0.431. The largest absolute Gasteiger partial charge is 0.352 e. The molecule has 5 heteroatoms. The number of hydrogen-bond acceptors (Lipinski definition) is 3. The highest BCUT2D eigenvalue weighted by molar-refractivity contribution is 6.30. The number of hydrogen-bond donors (Lipinski definition) is 1. The van der Waals surface area contributed by atoms with Crippen LogP contribution in [0.3, 0.4) is 0 Å². The second-order valence-corrected chi connectivity index (χ2v) is 9.15. The van der Waals surface area contributed by atoms with Gasteiger partial charge in [-0.25, -0.2) is 0 Å². The third-order valence-electron chi connectivity index (χ3n) is 6.36. The third-order valence-corrected chi connectivity index (χ3v) is 6.61. The van der Waals surface area contributed by atoms with Crippen LogP contribution in [0.5, 0.6) is 0 Å². The highest BCUT2D eigenvalue weighted by atomic mass is 35.5. The van der Waals surface area contributed by atoms with E-state index in [-0.39, 0.29) is 5.91 Å². The van der Waals surface area contributed by atoms with E-state index >= 15 is 0 Å². The predicted molar refractivity (Wildman–Crippen MR) is 137 cm³/mol. The summed E-state index contributed by atoms with van der Waals surface area (Å²) in [5.74, 6) is 0.605. The average Bonchev–Trinajstić information content (AvgIpc) is 2.86. The SMILES string of the molecule is O=C(CC1CCN(CCN(c2ccccc2)c2ccccc2)CC1)NCc1ccc(Cl)cc1. The fourth-order valence-corrected chi connectivity index (χ4v) is 4.54. The minimum Gasteiger partial charge on any atom is -0.352 e. The minimum atomic E-state index is 0.141. The molecule has 4 rings (SSSR count). The molecule has 3 aromatic carbocycles. The van der Waals surface area contributed by atoms with Gasteiger partial charge in [0.2, 0.25) is 5.91 Å². The van der Waals surface area contributed by atoms with E-state index in [9.17, 15) is 4.79 Å². The summed E-state index contributed by atoms with van der Waals surface area (Å²) < 4.78 is 0. The molecule has 0 spiro atoms. The van der Waals surface area contributed by atoms with Crippen molar-refractivity contribution in [3.8, 4) is 0 Å². The van der Waals surface area contributed by atoms with Gasteiger partial charge >= 0.3 is 0 Å². The van der Waals surface area contributed by atoms with E-state index in [4.69, 9.17) is 11.6 Å². The fourth-order valence-electron chi connectivity index (χ4n) is 4.42. The van der Waals surface area contributed by atoms with Crippen molar-refractivity contribution in [1.82, 2.24) is 10.2 Å². The number of anilines is 2. The molecule has 1 saturated heterocycles. The molecule has 1 N–H and O–H groups in total. The smallest absolute Gasteiger partial charge is 0.220 e. The van der Waals surface area contributed by atoms with Gasteiger partial charge < -0.3 is 15.1 Å². The number of nitrogens with one attached hydrogen (secondary N) is 1. The van der Waals surface area contributed by atoms with Crippen LogP contribution in [0.2, 0.25) is 5.02 Å². The number of halogens is 1. The molecule has 0 radical (unpaired) electrons. The van der Waals surface area contributed by atoms with Crippen LogP contribution < -0.4 is 10.2 Å². The number of para-hydroxylation sites is 2. The second-order valence-electron chi connectivity index (χ2n) is 8.72. The van der Waals surface area contributed by atoms with E-state index in [2.05, 4.69) is 75.8 Å². The van der Waals surface area contributed by atoms with Crippen LogP contribution in [-0.4, -0.2) is 37.0 Å². The summed E-state index contributed by atoms with van der Waals surface area (Å²) in [6.07, 6.45) is 2.76. The summed E-state index contributed by atoms with van der Waals surface area (Å²) in [5, 5.41) is 3.77. The van der Waals surface area contributed by atoms with Crippen molar-refractivity contribution < 1.29 is 4.79 Å². The molecule has 0 bridgehead atoms. The number of amides is 1. The van der Waals surface area contributed by atoms with Crippen molar-refractivity contribution in [3.05, 3.63) is 95.5 Å². The Kier molecular flexibility index (Phi) is 8.40. The van der Waals surface area contributed by atoms with Crippen LogP contribution in [0, 0.1) is 5.92 Å². The first-order valence-electron chi connectivity index (χ1n) is 11.8. The molecule has 1 aliphatic rings. The van der Waals surface area contributed by atoms with Gasteiger partial charge in [-0.2, -0.15) is 0 Å². The van der Waals surface area contributed by atoms with Crippen LogP contribution in [0.25, 0.3) is 0 Å². The Morgan fingerprint density at radius 1 is 0.879 bits per heavy atom. The number of nitrogens with zero attached hydrogens (tertiary/aromatic N) is 2. The molecule has 1 heterocycles. The Morgan fingerprint density at radius 2 is 1.45 bits per heavy atom. The molecule has 0 aliphatic carbocycles. The van der Waals surface area contributed by atoms with E-state index in [1.165, 1.54) is 11.4 Å². The fraction of sp³-hybridized carbons (Fsp3) is 0.321. The number of piperidine rings is 1. The van der Waals surface area contributed by atoms with Crippen LogP contribution in [0.1, 0.15) is 24.8 Å². The van der Waals surface area contributed by atoms with Gasteiger partial charge in [0.15, 0.2) is 0 Å². The number of carbonyl (C=O) groups is 1. The van der Waals surface area contributed by atoms with Crippen molar-refractivity contribution >= 4 is 28.9 Å². The van der Waals surface area contributed by atoms with Crippen molar-refractivity contribution in [2.24, 2.45) is 5.92 Å². The summed E-state index contributed by atoms with van der Waals surface area (Å²) in [4.78, 5) is 17.3. The number of likely N-dealkylation sites (tertiary alicyclic amines) is 1. The molecule has 172 valence electrons. The monoisotopic (exact) mass is 461 g/mol. The van der Waals surface area contributed by atoms with E-state index in [1.54, 1.807) is 0 Å². The van der Waals surface area contributed by atoms with Crippen LogP contribution in [0.4, 0.5) is 11.4 Å². The Morgan fingerprint density at radius 3 is 2.03 bits per heavy atom. The zero-order valence-electron chi connectivity index (χ0n) is 19.0. The van der Waals surface area contributed by atoms with Gasteiger partial charge in [0.05, 0.1) is 0 Å². The molecular formula is C28H32ClN3O. The summed E-state index contributed by atoms with van der Waals surface area (Å²) in [5.41, 5.74) is 3.51. The minimum absolute atomic E-state index is 0.141. The first kappa shape index (κ1) is 23.3. The zero-order chi connectivity index (χ0) is 22.9. The number of rotatable bonds is 9. The lowest BCUT2D eigenvalue weighted by Gasteiger charge is -2.34. The lowest BCUT2D eigenvalue weighted by Crippen LogP contribution is -2.39. The molecule has 1 fully saturated rings. The van der Waals surface area contributed by atoms with Gasteiger partial charge in [-0.3, -0.25) is 4.79 Å².